The number of rotatable bonds is 14. The van der Waals surface area contributed by atoms with Crippen LogP contribution in [0.5, 0.6) is 5.75 Å². The van der Waals surface area contributed by atoms with Crippen molar-refractivity contribution in [1.29, 1.82) is 0 Å². The number of amides is 3. The lowest BCUT2D eigenvalue weighted by atomic mass is 10.1. The average molecular weight is 573 g/mol. The number of hydroxylamine groups is 2. The first-order chi connectivity index (χ1) is 19.8. The molecular formula is C27H28N2O12. The van der Waals surface area contributed by atoms with Crippen LogP contribution in [0.25, 0.3) is 21.9 Å². The van der Waals surface area contributed by atoms with Crippen LogP contribution in [0.15, 0.2) is 44.2 Å². The maximum Gasteiger partial charge on any atom is 0.536 e. The Morgan fingerprint density at radius 3 is 2.46 bits per heavy atom. The molecular weight excluding hydrogens is 544 g/mol. The van der Waals surface area contributed by atoms with E-state index >= 15 is 0 Å². The fourth-order valence-electron chi connectivity index (χ4n) is 4.01. The molecule has 0 unspecified atom stereocenters. The molecule has 0 radical (unpaired) electrons. The molecule has 2 aromatic heterocycles. The predicted molar refractivity (Wildman–Crippen MR) is 138 cm³/mol. The van der Waals surface area contributed by atoms with Gasteiger partial charge in [-0.15, -0.1) is 0 Å². The van der Waals surface area contributed by atoms with Gasteiger partial charge in [-0.3, -0.25) is 24.0 Å². The highest BCUT2D eigenvalue weighted by molar-refractivity contribution is 6.01. The molecule has 0 saturated carbocycles. The normalized spacial score (nSPS) is 13.0. The van der Waals surface area contributed by atoms with E-state index in [4.69, 9.17) is 18.3 Å². The Labute approximate surface area is 232 Å². The minimum Gasteiger partial charge on any atom is -0.486 e. The van der Waals surface area contributed by atoms with Gasteiger partial charge in [0.15, 0.2) is 11.2 Å². The predicted octanol–water partition coefficient (Wildman–Crippen LogP) is 3.09. The van der Waals surface area contributed by atoms with E-state index in [1.165, 1.54) is 12.3 Å². The molecule has 0 atom stereocenters. The van der Waals surface area contributed by atoms with E-state index in [2.05, 4.69) is 14.9 Å². The summed E-state index contributed by atoms with van der Waals surface area (Å²) in [5.74, 6) is -1.74. The smallest absolute Gasteiger partial charge is 0.486 e. The molecule has 218 valence electrons. The Morgan fingerprint density at radius 1 is 0.878 bits per heavy atom. The zero-order valence-corrected chi connectivity index (χ0v) is 22.0. The summed E-state index contributed by atoms with van der Waals surface area (Å²) in [7, 11) is 0. The molecule has 14 heteroatoms. The van der Waals surface area contributed by atoms with Crippen LogP contribution in [0.4, 0.5) is 4.79 Å². The molecule has 14 nitrogen and oxygen atoms in total. The number of nitrogens with one attached hydrogen (secondary N) is 1. The lowest BCUT2D eigenvalue weighted by Crippen LogP contribution is -2.32. The number of esters is 1. The van der Waals surface area contributed by atoms with E-state index < -0.39 is 36.4 Å². The van der Waals surface area contributed by atoms with Crippen LogP contribution in [0.3, 0.4) is 0 Å². The van der Waals surface area contributed by atoms with Crippen LogP contribution in [0.2, 0.25) is 0 Å². The third-order valence-electron chi connectivity index (χ3n) is 6.03. The molecule has 1 saturated heterocycles. The minimum absolute atomic E-state index is 0.0507. The van der Waals surface area contributed by atoms with E-state index in [9.17, 15) is 28.8 Å². The van der Waals surface area contributed by atoms with Crippen molar-refractivity contribution in [2.75, 3.05) is 19.9 Å². The fraction of sp³-hybridized carbons (Fsp3) is 0.407. The summed E-state index contributed by atoms with van der Waals surface area (Å²) >= 11 is 0. The van der Waals surface area contributed by atoms with Gasteiger partial charge in [0.1, 0.15) is 0 Å². The monoisotopic (exact) mass is 572 g/mol. The second kappa shape index (κ2) is 14.0. The molecule has 1 fully saturated rings. The van der Waals surface area contributed by atoms with Crippen LogP contribution in [-0.2, 0) is 33.5 Å². The van der Waals surface area contributed by atoms with Crippen molar-refractivity contribution in [3.63, 3.8) is 0 Å². The van der Waals surface area contributed by atoms with Crippen LogP contribution in [0, 0.1) is 0 Å². The van der Waals surface area contributed by atoms with Crippen molar-refractivity contribution in [1.82, 2.24) is 10.4 Å². The van der Waals surface area contributed by atoms with Gasteiger partial charge >= 0.3 is 17.8 Å². The van der Waals surface area contributed by atoms with Gasteiger partial charge in [0, 0.05) is 49.1 Å². The van der Waals surface area contributed by atoms with Gasteiger partial charge in [-0.25, -0.2) is 9.59 Å². The number of ether oxygens (including phenoxy) is 3. The summed E-state index contributed by atoms with van der Waals surface area (Å²) in [5, 5.41) is 4.62. The molecule has 41 heavy (non-hydrogen) atoms. The zero-order valence-electron chi connectivity index (χ0n) is 22.0. The highest BCUT2D eigenvalue weighted by Gasteiger charge is 2.33. The van der Waals surface area contributed by atoms with Crippen molar-refractivity contribution in [2.45, 2.75) is 51.4 Å². The standard InChI is InChI=1S/C27H28N2O12/c30-19(5-4-13-36-26-24-18(11-14-37-24)15-17-7-10-23(34)40-25(17)26)28-12-3-1-2-6-22(33)38-16-39-27(35)41-29-20(31)8-9-21(29)32/h7,10-11,14-15H,1-6,8-9,12-13,16H2,(H,28,30). The maximum absolute atomic E-state index is 12.1. The Morgan fingerprint density at radius 2 is 1.66 bits per heavy atom. The Hall–Kier alpha value is -4.88. The van der Waals surface area contributed by atoms with Gasteiger partial charge in [0.25, 0.3) is 11.8 Å². The molecule has 3 amide bonds. The SMILES string of the molecule is O=C(CCCOc1c2occc2cc2ccc(=O)oc12)NCCCCCC(=O)OCOC(=O)ON1C(=O)CCC1=O. The summed E-state index contributed by atoms with van der Waals surface area (Å²) in [5.41, 5.74) is 0.243. The van der Waals surface area contributed by atoms with Crippen LogP contribution in [-0.4, -0.2) is 54.9 Å². The molecule has 0 bridgehead atoms. The number of unbranched alkanes of at least 4 members (excludes halogenated alkanes) is 2. The Bertz CT molecular complexity index is 1470. The summed E-state index contributed by atoms with van der Waals surface area (Å²) in [4.78, 5) is 74.2. The van der Waals surface area contributed by atoms with Gasteiger partial charge in [0.05, 0.1) is 12.9 Å². The number of carbonyl (C=O) groups is 5. The topological polar surface area (TPSA) is 181 Å². The van der Waals surface area contributed by atoms with Crippen LogP contribution in [0.1, 0.15) is 51.4 Å². The third kappa shape index (κ3) is 8.06. The van der Waals surface area contributed by atoms with Crippen molar-refractivity contribution in [2.24, 2.45) is 0 Å². The first-order valence-electron chi connectivity index (χ1n) is 13.0. The van der Waals surface area contributed by atoms with E-state index in [-0.39, 0.29) is 43.8 Å². The number of benzene rings is 1. The molecule has 3 heterocycles. The van der Waals surface area contributed by atoms with Crippen molar-refractivity contribution in [3.8, 4) is 5.75 Å². The summed E-state index contributed by atoms with van der Waals surface area (Å²) in [6, 6.07) is 6.59. The number of fused-ring (bicyclic) bond motifs is 2. The number of imide groups is 1. The Kier molecular flexibility index (Phi) is 9.91. The molecule has 0 spiro atoms. The molecule has 3 aromatic rings. The largest absolute Gasteiger partial charge is 0.536 e. The Balaban J connectivity index is 1.04. The minimum atomic E-state index is -1.33. The van der Waals surface area contributed by atoms with Crippen LogP contribution >= 0.6 is 0 Å². The summed E-state index contributed by atoms with van der Waals surface area (Å²) in [6.45, 7) is -0.0763. The highest BCUT2D eigenvalue weighted by Crippen LogP contribution is 2.35. The van der Waals surface area contributed by atoms with E-state index in [0.29, 0.717) is 54.0 Å². The average Bonchev–Trinajstić information content (AvgIpc) is 3.54. The van der Waals surface area contributed by atoms with Gasteiger partial charge < -0.3 is 28.4 Å². The number of carbonyl (C=O) groups excluding carboxylic acids is 5. The highest BCUT2D eigenvalue weighted by atomic mass is 16.9. The van der Waals surface area contributed by atoms with E-state index in [0.717, 1.165) is 5.39 Å². The summed E-state index contributed by atoms with van der Waals surface area (Å²) in [6.07, 6.45) is 2.59. The van der Waals surface area contributed by atoms with Crippen LogP contribution < -0.4 is 15.7 Å². The first kappa shape index (κ1) is 29.1. The van der Waals surface area contributed by atoms with Gasteiger partial charge in [0.2, 0.25) is 18.4 Å². The van der Waals surface area contributed by atoms with E-state index in [1.54, 1.807) is 12.1 Å². The number of hydrogen-bond donors (Lipinski definition) is 1. The van der Waals surface area contributed by atoms with Crippen molar-refractivity contribution < 1.29 is 51.9 Å². The third-order valence-corrected chi connectivity index (χ3v) is 6.03. The lowest BCUT2D eigenvalue weighted by Gasteiger charge is -2.12. The number of furan rings is 1. The molecule has 1 aromatic carbocycles. The molecule has 4 rings (SSSR count). The number of nitrogens with zero attached hydrogens (tertiary/aromatic N) is 1. The second-order valence-corrected chi connectivity index (χ2v) is 9.03. The van der Waals surface area contributed by atoms with Gasteiger partial charge in [-0.2, -0.15) is 0 Å². The maximum atomic E-state index is 12.1. The molecule has 1 aliphatic rings. The number of hydrogen-bond acceptors (Lipinski definition) is 12. The van der Waals surface area contributed by atoms with Crippen molar-refractivity contribution in [3.05, 3.63) is 40.9 Å². The fourth-order valence-corrected chi connectivity index (χ4v) is 4.01. The molecule has 1 N–H and O–H groups in total. The summed E-state index contributed by atoms with van der Waals surface area (Å²) < 4.78 is 25.9. The quantitative estimate of drug-likeness (QED) is 0.0981. The van der Waals surface area contributed by atoms with E-state index in [1.807, 2.05) is 6.07 Å². The molecule has 0 aliphatic carbocycles. The molecule has 1 aliphatic heterocycles. The van der Waals surface area contributed by atoms with Gasteiger partial charge in [-0.05, 0) is 37.5 Å². The second-order valence-electron chi connectivity index (χ2n) is 9.03. The lowest BCUT2D eigenvalue weighted by molar-refractivity contribution is -0.182. The zero-order chi connectivity index (χ0) is 29.2. The first-order valence-corrected chi connectivity index (χ1v) is 13.0. The van der Waals surface area contributed by atoms with Gasteiger partial charge in [-0.1, -0.05) is 11.5 Å². The van der Waals surface area contributed by atoms with Crippen molar-refractivity contribution >= 4 is 51.8 Å².